The van der Waals surface area contributed by atoms with Crippen molar-refractivity contribution in [1.82, 2.24) is 5.32 Å². The summed E-state index contributed by atoms with van der Waals surface area (Å²) < 4.78 is 5.22. The molecule has 0 spiro atoms. The van der Waals surface area contributed by atoms with Gasteiger partial charge >= 0.3 is 5.97 Å². The number of halogens is 1. The quantitative estimate of drug-likeness (QED) is 0.208. The summed E-state index contributed by atoms with van der Waals surface area (Å²) in [5.74, 6) is -0.741. The molecule has 0 aromatic heterocycles. The second-order valence-electron chi connectivity index (χ2n) is 7.66. The Morgan fingerprint density at radius 1 is 0.941 bits per heavy atom. The fraction of sp³-hybridized carbons (Fsp3) is 0.360. The Morgan fingerprint density at radius 2 is 1.71 bits per heavy atom. The van der Waals surface area contributed by atoms with E-state index in [1.807, 2.05) is 37.3 Å². The van der Waals surface area contributed by atoms with Crippen LogP contribution in [0.5, 0.6) is 0 Å². The van der Waals surface area contributed by atoms with Gasteiger partial charge in [-0.2, -0.15) is 0 Å². The lowest BCUT2D eigenvalue weighted by molar-refractivity contribution is -0.143. The Kier molecular flexibility index (Phi) is 12.1. The van der Waals surface area contributed by atoms with E-state index in [-0.39, 0.29) is 35.7 Å². The average molecular weight is 504 g/mol. The van der Waals surface area contributed by atoms with E-state index in [9.17, 15) is 14.4 Å². The molecule has 0 atom stereocenters. The van der Waals surface area contributed by atoms with E-state index in [2.05, 4.69) is 16.0 Å². The number of carbonyl (C=O) groups is 3. The van der Waals surface area contributed by atoms with Crippen LogP contribution in [-0.4, -0.2) is 29.5 Å². The van der Waals surface area contributed by atoms with Crippen molar-refractivity contribution in [3.63, 3.8) is 0 Å². The summed E-state index contributed by atoms with van der Waals surface area (Å²) in [5.41, 5.74) is 2.23. The molecule has 0 saturated heterocycles. The van der Waals surface area contributed by atoms with Crippen molar-refractivity contribution in [3.05, 3.63) is 59.1 Å². The first-order valence-electron chi connectivity index (χ1n) is 11.3. The molecular formula is C25H30ClN3O4S. The molecule has 0 aliphatic heterocycles. The first-order chi connectivity index (χ1) is 16.4. The highest BCUT2D eigenvalue weighted by Crippen LogP contribution is 2.25. The van der Waals surface area contributed by atoms with Gasteiger partial charge in [0.15, 0.2) is 5.11 Å². The van der Waals surface area contributed by atoms with Crippen LogP contribution in [0.2, 0.25) is 5.02 Å². The number of thiocarbonyl (C=S) groups is 1. The van der Waals surface area contributed by atoms with E-state index in [1.54, 1.807) is 18.2 Å². The topological polar surface area (TPSA) is 96.5 Å². The van der Waals surface area contributed by atoms with Crippen LogP contribution in [0.3, 0.4) is 0 Å². The predicted octanol–water partition coefficient (Wildman–Crippen LogP) is 5.24. The molecule has 2 amide bonds. The highest BCUT2D eigenvalue weighted by Gasteiger charge is 2.10. The van der Waals surface area contributed by atoms with E-state index in [4.69, 9.17) is 28.6 Å². The van der Waals surface area contributed by atoms with Crippen LogP contribution in [0.25, 0.3) is 0 Å². The number of aryl methyl sites for hydroxylation is 1. The lowest BCUT2D eigenvalue weighted by Crippen LogP contribution is -2.34. The van der Waals surface area contributed by atoms with Gasteiger partial charge in [-0.05, 0) is 61.7 Å². The lowest BCUT2D eigenvalue weighted by atomic mass is 10.1. The highest BCUT2D eigenvalue weighted by molar-refractivity contribution is 7.80. The minimum Gasteiger partial charge on any atom is -0.466 e. The molecule has 7 nitrogen and oxygen atoms in total. The number of hydrogen-bond donors (Lipinski definition) is 3. The largest absolute Gasteiger partial charge is 0.466 e. The number of rotatable bonds is 12. The van der Waals surface area contributed by atoms with Gasteiger partial charge in [-0.25, -0.2) is 0 Å². The molecule has 0 bridgehead atoms. The van der Waals surface area contributed by atoms with Crippen LogP contribution in [-0.2, 0) is 25.5 Å². The van der Waals surface area contributed by atoms with Gasteiger partial charge < -0.3 is 20.7 Å². The molecule has 2 aromatic rings. The van der Waals surface area contributed by atoms with E-state index < -0.39 is 0 Å². The number of esters is 1. The monoisotopic (exact) mass is 503 g/mol. The fourth-order valence-electron chi connectivity index (χ4n) is 3.06. The maximum absolute atomic E-state index is 12.1. The Labute approximate surface area is 210 Å². The number of hydrogen-bond acceptors (Lipinski definition) is 5. The molecule has 2 rings (SSSR count). The van der Waals surface area contributed by atoms with Crippen molar-refractivity contribution >= 4 is 58.1 Å². The average Bonchev–Trinajstić information content (AvgIpc) is 2.79. The maximum Gasteiger partial charge on any atom is 0.305 e. The second kappa shape index (κ2) is 15.0. The van der Waals surface area contributed by atoms with Crippen molar-refractivity contribution in [2.75, 3.05) is 17.2 Å². The van der Waals surface area contributed by atoms with Gasteiger partial charge in [-0.3, -0.25) is 14.4 Å². The minimum absolute atomic E-state index is 0.0763. The van der Waals surface area contributed by atoms with Gasteiger partial charge in [0.05, 0.1) is 17.3 Å². The molecule has 0 aliphatic rings. The summed E-state index contributed by atoms with van der Waals surface area (Å²) in [5, 5.41) is 8.66. The van der Waals surface area contributed by atoms with Gasteiger partial charge in [0.25, 0.3) is 0 Å². The van der Waals surface area contributed by atoms with Crippen molar-refractivity contribution < 1.29 is 19.1 Å². The third-order valence-electron chi connectivity index (χ3n) is 4.73. The third-order valence-corrected chi connectivity index (χ3v) is 5.26. The first kappa shape index (κ1) is 27.3. The lowest BCUT2D eigenvalue weighted by Gasteiger charge is -2.13. The zero-order valence-electron chi connectivity index (χ0n) is 19.2. The number of anilines is 2. The fourth-order valence-corrected chi connectivity index (χ4v) is 3.45. The van der Waals surface area contributed by atoms with E-state index in [1.165, 1.54) is 5.56 Å². The van der Waals surface area contributed by atoms with Crippen molar-refractivity contribution in [1.29, 1.82) is 0 Å². The van der Waals surface area contributed by atoms with Crippen molar-refractivity contribution in [2.45, 2.75) is 51.9 Å². The summed E-state index contributed by atoms with van der Waals surface area (Å²) >= 11 is 11.4. The van der Waals surface area contributed by atoms with Gasteiger partial charge in [0, 0.05) is 24.9 Å². The number of carbonyl (C=O) groups excluding carboxylic acids is 3. The van der Waals surface area contributed by atoms with Crippen LogP contribution in [0.1, 0.15) is 51.0 Å². The SMILES string of the molecule is CCCC(=O)Nc1ccc(Cl)c(NC(=S)NC(=O)CCCC(=O)OCCCc2ccccc2)c1. The van der Waals surface area contributed by atoms with E-state index in [0.29, 0.717) is 35.8 Å². The minimum atomic E-state index is -0.324. The molecule has 3 N–H and O–H groups in total. The Hall–Kier alpha value is -2.97. The Bertz CT molecular complexity index is 985. The van der Waals surface area contributed by atoms with Crippen molar-refractivity contribution in [2.24, 2.45) is 0 Å². The number of benzene rings is 2. The van der Waals surface area contributed by atoms with Crippen LogP contribution in [0.4, 0.5) is 11.4 Å². The van der Waals surface area contributed by atoms with Crippen LogP contribution in [0.15, 0.2) is 48.5 Å². The molecule has 34 heavy (non-hydrogen) atoms. The summed E-state index contributed by atoms with van der Waals surface area (Å²) in [6.07, 6.45) is 3.40. The third kappa shape index (κ3) is 10.8. The number of ether oxygens (including phenoxy) is 1. The summed E-state index contributed by atoms with van der Waals surface area (Å²) in [6, 6.07) is 14.9. The molecule has 0 unspecified atom stereocenters. The summed E-state index contributed by atoms with van der Waals surface area (Å²) in [6.45, 7) is 2.28. The van der Waals surface area contributed by atoms with Crippen LogP contribution < -0.4 is 16.0 Å². The Balaban J connectivity index is 1.65. The molecule has 0 heterocycles. The normalized spacial score (nSPS) is 10.3. The number of nitrogens with one attached hydrogen (secondary N) is 3. The highest BCUT2D eigenvalue weighted by atomic mass is 35.5. The number of amides is 2. The van der Waals surface area contributed by atoms with Gasteiger partial charge in [0.2, 0.25) is 11.8 Å². The zero-order chi connectivity index (χ0) is 24.8. The molecule has 182 valence electrons. The van der Waals surface area contributed by atoms with Gasteiger partial charge in [-0.15, -0.1) is 0 Å². The first-order valence-corrected chi connectivity index (χ1v) is 12.1. The molecule has 0 radical (unpaired) electrons. The van der Waals surface area contributed by atoms with Crippen molar-refractivity contribution in [3.8, 4) is 0 Å². The zero-order valence-corrected chi connectivity index (χ0v) is 20.8. The molecule has 9 heteroatoms. The Morgan fingerprint density at radius 3 is 2.44 bits per heavy atom. The predicted molar refractivity (Wildman–Crippen MR) is 139 cm³/mol. The molecule has 0 fully saturated rings. The second-order valence-corrected chi connectivity index (χ2v) is 8.47. The van der Waals surface area contributed by atoms with Crippen LogP contribution >= 0.6 is 23.8 Å². The maximum atomic E-state index is 12.1. The van der Waals surface area contributed by atoms with Crippen LogP contribution in [0, 0.1) is 0 Å². The van der Waals surface area contributed by atoms with E-state index >= 15 is 0 Å². The summed E-state index contributed by atoms with van der Waals surface area (Å²) in [4.78, 5) is 35.8. The molecule has 0 saturated carbocycles. The summed E-state index contributed by atoms with van der Waals surface area (Å²) in [7, 11) is 0. The molecule has 0 aliphatic carbocycles. The van der Waals surface area contributed by atoms with Gasteiger partial charge in [-0.1, -0.05) is 48.9 Å². The van der Waals surface area contributed by atoms with Gasteiger partial charge in [0.1, 0.15) is 0 Å². The molecule has 2 aromatic carbocycles. The molecular weight excluding hydrogens is 474 g/mol. The standard InChI is InChI=1S/C25H30ClN3O4S/c1-2-8-22(30)27-19-14-15-20(26)21(17-19)28-25(34)29-23(31)12-6-13-24(32)33-16-7-11-18-9-4-3-5-10-18/h3-5,9-10,14-15,17H,2,6-8,11-13,16H2,1H3,(H,27,30)(H2,28,29,31,34). The smallest absolute Gasteiger partial charge is 0.305 e. The van der Waals surface area contributed by atoms with E-state index in [0.717, 1.165) is 19.3 Å².